The van der Waals surface area contributed by atoms with Crippen LogP contribution >= 0.6 is 0 Å². The molecule has 7 heteroatoms. The molecule has 32 heavy (non-hydrogen) atoms. The summed E-state index contributed by atoms with van der Waals surface area (Å²) in [5, 5.41) is 0. The molecule has 0 unspecified atom stereocenters. The molecule has 7 nitrogen and oxygen atoms in total. The number of rotatable bonds is 4. The van der Waals surface area contributed by atoms with Crippen molar-refractivity contribution in [1.82, 2.24) is 24.4 Å². The van der Waals surface area contributed by atoms with Crippen molar-refractivity contribution in [1.29, 1.82) is 0 Å². The van der Waals surface area contributed by atoms with Crippen molar-refractivity contribution in [3.8, 4) is 0 Å². The van der Waals surface area contributed by atoms with Gasteiger partial charge in [-0.15, -0.1) is 0 Å². The number of benzene rings is 1. The Labute approximate surface area is 189 Å². The number of piperidine rings is 1. The van der Waals surface area contributed by atoms with Gasteiger partial charge in [-0.25, -0.2) is 15.0 Å². The molecule has 0 spiro atoms. The zero-order valence-corrected chi connectivity index (χ0v) is 18.9. The minimum Gasteiger partial charge on any atom is -0.352 e. The maximum absolute atomic E-state index is 13.0. The number of likely N-dealkylation sites (tertiary alicyclic amines) is 1. The van der Waals surface area contributed by atoms with Gasteiger partial charge in [0.1, 0.15) is 11.6 Å². The maximum atomic E-state index is 13.0. The predicted molar refractivity (Wildman–Crippen MR) is 124 cm³/mol. The molecule has 0 N–H and O–H groups in total. The van der Waals surface area contributed by atoms with Crippen LogP contribution in [0.25, 0.3) is 0 Å². The average Bonchev–Trinajstić information content (AvgIpc) is 3.25. The van der Waals surface area contributed by atoms with Crippen molar-refractivity contribution in [3.63, 3.8) is 0 Å². The van der Waals surface area contributed by atoms with Crippen LogP contribution in [0, 0.1) is 6.92 Å². The Hall–Kier alpha value is -3.22. The number of imidazole rings is 1. The van der Waals surface area contributed by atoms with E-state index in [0.29, 0.717) is 12.4 Å². The molecule has 5 rings (SSSR count). The van der Waals surface area contributed by atoms with E-state index >= 15 is 0 Å². The van der Waals surface area contributed by atoms with Crippen molar-refractivity contribution in [2.45, 2.75) is 45.1 Å². The molecule has 2 aliphatic heterocycles. The Morgan fingerprint density at radius 2 is 1.97 bits per heavy atom. The number of anilines is 1. The third kappa shape index (κ3) is 3.99. The van der Waals surface area contributed by atoms with Gasteiger partial charge in [-0.3, -0.25) is 4.79 Å². The molecule has 1 atom stereocenters. The van der Waals surface area contributed by atoms with Crippen molar-refractivity contribution >= 4 is 11.7 Å². The molecule has 0 saturated carbocycles. The second-order valence-electron chi connectivity index (χ2n) is 8.93. The van der Waals surface area contributed by atoms with Crippen LogP contribution in [0.4, 0.5) is 5.82 Å². The largest absolute Gasteiger partial charge is 0.352 e. The van der Waals surface area contributed by atoms with Gasteiger partial charge in [0.25, 0.3) is 5.91 Å². The molecule has 4 heterocycles. The van der Waals surface area contributed by atoms with E-state index in [4.69, 9.17) is 9.97 Å². The fourth-order valence-corrected chi connectivity index (χ4v) is 4.93. The number of carbonyl (C=O) groups is 1. The number of amides is 1. The van der Waals surface area contributed by atoms with E-state index in [2.05, 4.69) is 47.1 Å². The summed E-state index contributed by atoms with van der Waals surface area (Å²) in [6.07, 6.45) is 7.59. The summed E-state index contributed by atoms with van der Waals surface area (Å²) in [6.45, 7) is 5.37. The first-order chi connectivity index (χ1) is 15.6. The Bertz CT molecular complexity index is 1110. The Balaban J connectivity index is 1.40. The lowest BCUT2D eigenvalue weighted by Gasteiger charge is -2.34. The van der Waals surface area contributed by atoms with Crippen LogP contribution in [0.5, 0.6) is 0 Å². The zero-order valence-electron chi connectivity index (χ0n) is 18.9. The average molecular weight is 431 g/mol. The molecule has 166 valence electrons. The summed E-state index contributed by atoms with van der Waals surface area (Å²) in [4.78, 5) is 31.6. The summed E-state index contributed by atoms with van der Waals surface area (Å²) < 4.78 is 1.78. The lowest BCUT2D eigenvalue weighted by Crippen LogP contribution is -2.41. The van der Waals surface area contributed by atoms with Crippen LogP contribution < -0.4 is 4.90 Å². The van der Waals surface area contributed by atoms with E-state index in [9.17, 15) is 4.79 Å². The van der Waals surface area contributed by atoms with E-state index < -0.39 is 0 Å². The number of aryl methyl sites for hydroxylation is 2. The third-order valence-electron chi connectivity index (χ3n) is 6.67. The first kappa shape index (κ1) is 20.7. The maximum Gasteiger partial charge on any atom is 0.289 e. The minimum atomic E-state index is -0.0115. The molecule has 1 aromatic carbocycles. The molecule has 2 aliphatic rings. The molecule has 0 radical (unpaired) electrons. The molecule has 1 fully saturated rings. The highest BCUT2D eigenvalue weighted by Crippen LogP contribution is 2.32. The molecular formula is C25H30N6O. The highest BCUT2D eigenvalue weighted by Gasteiger charge is 2.31. The first-order valence-electron chi connectivity index (χ1n) is 11.5. The minimum absolute atomic E-state index is 0.0115. The second kappa shape index (κ2) is 8.73. The van der Waals surface area contributed by atoms with Crippen LogP contribution in [0.2, 0.25) is 0 Å². The topological polar surface area (TPSA) is 67.2 Å². The number of hydrogen-bond donors (Lipinski definition) is 0. The third-order valence-corrected chi connectivity index (χ3v) is 6.67. The van der Waals surface area contributed by atoms with Gasteiger partial charge in [0, 0.05) is 62.8 Å². The van der Waals surface area contributed by atoms with Gasteiger partial charge in [-0.1, -0.05) is 30.3 Å². The van der Waals surface area contributed by atoms with Gasteiger partial charge in [0.15, 0.2) is 5.82 Å². The van der Waals surface area contributed by atoms with Crippen molar-refractivity contribution in [2.75, 3.05) is 24.5 Å². The van der Waals surface area contributed by atoms with Crippen molar-refractivity contribution in [2.24, 2.45) is 7.05 Å². The van der Waals surface area contributed by atoms with E-state index in [1.807, 2.05) is 18.1 Å². The molecule has 3 aromatic rings. The number of hydrogen-bond acceptors (Lipinski definition) is 5. The van der Waals surface area contributed by atoms with E-state index in [1.165, 1.54) is 11.1 Å². The van der Waals surface area contributed by atoms with Gasteiger partial charge < -0.3 is 14.4 Å². The quantitative estimate of drug-likeness (QED) is 0.634. The first-order valence-corrected chi connectivity index (χ1v) is 11.5. The molecule has 1 saturated heterocycles. The normalized spacial score (nSPS) is 18.5. The van der Waals surface area contributed by atoms with E-state index in [0.717, 1.165) is 62.7 Å². The van der Waals surface area contributed by atoms with Gasteiger partial charge in [-0.05, 0) is 38.2 Å². The fraction of sp³-hybridized carbons (Fsp3) is 0.440. The van der Waals surface area contributed by atoms with E-state index in [-0.39, 0.29) is 11.8 Å². The van der Waals surface area contributed by atoms with Crippen LogP contribution in [0.1, 0.15) is 58.4 Å². The Kier molecular flexibility index (Phi) is 5.64. The number of carbonyl (C=O) groups excluding carboxylic acids is 1. The monoisotopic (exact) mass is 430 g/mol. The molecule has 0 aliphatic carbocycles. The SMILES string of the molecule is Cc1nc([C@@H]2CCCN(C(=O)c3nccn3C)C2)nc2c1CCCN2Cc1ccccc1. The predicted octanol–water partition coefficient (Wildman–Crippen LogP) is 3.49. The molecular weight excluding hydrogens is 400 g/mol. The summed E-state index contributed by atoms with van der Waals surface area (Å²) in [5.41, 5.74) is 3.64. The molecule has 2 aromatic heterocycles. The lowest BCUT2D eigenvalue weighted by atomic mass is 9.95. The molecule has 0 bridgehead atoms. The summed E-state index contributed by atoms with van der Waals surface area (Å²) in [6, 6.07) is 10.6. The fourth-order valence-electron chi connectivity index (χ4n) is 4.93. The second-order valence-corrected chi connectivity index (χ2v) is 8.93. The summed E-state index contributed by atoms with van der Waals surface area (Å²) in [5.74, 6) is 2.58. The lowest BCUT2D eigenvalue weighted by molar-refractivity contribution is 0.0688. The molecule has 1 amide bonds. The highest BCUT2D eigenvalue weighted by molar-refractivity contribution is 5.90. The van der Waals surface area contributed by atoms with E-state index in [1.54, 1.807) is 10.8 Å². The number of nitrogens with zero attached hydrogens (tertiary/aromatic N) is 6. The Morgan fingerprint density at radius 3 is 2.75 bits per heavy atom. The highest BCUT2D eigenvalue weighted by atomic mass is 16.2. The summed E-state index contributed by atoms with van der Waals surface area (Å²) in [7, 11) is 1.86. The standard InChI is InChI=1S/C25H30N6O/c1-18-21-11-7-13-30(16-19-8-4-3-5-9-19)23(21)28-22(27-18)20-10-6-14-31(17-20)25(32)24-26-12-15-29(24)2/h3-5,8-9,12,15,20H,6-7,10-11,13-14,16-17H2,1-2H3/t20-/m1/s1. The van der Waals surface area contributed by atoms with Crippen LogP contribution in [0.15, 0.2) is 42.7 Å². The number of aromatic nitrogens is 4. The van der Waals surface area contributed by atoms with Crippen LogP contribution in [0.3, 0.4) is 0 Å². The van der Waals surface area contributed by atoms with Crippen LogP contribution in [-0.2, 0) is 20.0 Å². The van der Waals surface area contributed by atoms with Gasteiger partial charge in [0.05, 0.1) is 0 Å². The van der Waals surface area contributed by atoms with Crippen molar-refractivity contribution < 1.29 is 4.79 Å². The van der Waals surface area contributed by atoms with Crippen molar-refractivity contribution in [3.05, 3.63) is 71.2 Å². The smallest absolute Gasteiger partial charge is 0.289 e. The van der Waals surface area contributed by atoms with Crippen LogP contribution in [-0.4, -0.2) is 50.0 Å². The van der Waals surface area contributed by atoms with Gasteiger partial charge >= 0.3 is 0 Å². The van der Waals surface area contributed by atoms with Gasteiger partial charge in [-0.2, -0.15) is 0 Å². The zero-order chi connectivity index (χ0) is 22.1. The summed E-state index contributed by atoms with van der Waals surface area (Å²) >= 11 is 0. The Morgan fingerprint density at radius 1 is 1.12 bits per heavy atom. The van der Waals surface area contributed by atoms with Gasteiger partial charge in [0.2, 0.25) is 0 Å². The number of fused-ring (bicyclic) bond motifs is 1.